The molecule has 3 heterocycles. The fraction of sp³-hybridized carbons (Fsp3) is 0.375. The number of carbonyl (C=O) groups is 1. The van der Waals surface area contributed by atoms with E-state index in [4.69, 9.17) is 0 Å². The third-order valence-corrected chi connectivity index (χ3v) is 3.63. The van der Waals surface area contributed by atoms with Crippen molar-refractivity contribution in [3.05, 3.63) is 41.6 Å². The number of pyridine rings is 1. The van der Waals surface area contributed by atoms with Gasteiger partial charge in [-0.15, -0.1) is 0 Å². The first-order valence-electron chi connectivity index (χ1n) is 7.77. The summed E-state index contributed by atoms with van der Waals surface area (Å²) in [6.45, 7) is 4.05. The predicted octanol–water partition coefficient (Wildman–Crippen LogP) is 1.38. The zero-order valence-corrected chi connectivity index (χ0v) is 13.1. The van der Waals surface area contributed by atoms with Crippen LogP contribution in [0.2, 0.25) is 0 Å². The molecule has 0 radical (unpaired) electrons. The van der Waals surface area contributed by atoms with E-state index in [1.165, 1.54) is 0 Å². The SMILES string of the molecule is Cc1nc(NCCCNc2cccnc2)c2c(n1)C(=O)NCC2. The highest BCUT2D eigenvalue weighted by Crippen LogP contribution is 2.20. The Morgan fingerprint density at radius 2 is 2.13 bits per heavy atom. The van der Waals surface area contributed by atoms with E-state index in [1.807, 2.05) is 12.1 Å². The van der Waals surface area contributed by atoms with Crippen LogP contribution >= 0.6 is 0 Å². The molecule has 1 aliphatic rings. The number of hydrogen-bond donors (Lipinski definition) is 3. The summed E-state index contributed by atoms with van der Waals surface area (Å²) in [5, 5.41) is 9.46. The Morgan fingerprint density at radius 1 is 1.26 bits per heavy atom. The number of hydrogen-bond acceptors (Lipinski definition) is 6. The first-order chi connectivity index (χ1) is 11.2. The molecule has 3 rings (SSSR count). The second kappa shape index (κ2) is 7.04. The number of nitrogens with one attached hydrogen (secondary N) is 3. The summed E-state index contributed by atoms with van der Waals surface area (Å²) in [5.74, 6) is 1.28. The van der Waals surface area contributed by atoms with E-state index >= 15 is 0 Å². The van der Waals surface area contributed by atoms with E-state index < -0.39 is 0 Å². The van der Waals surface area contributed by atoms with Gasteiger partial charge < -0.3 is 16.0 Å². The highest BCUT2D eigenvalue weighted by molar-refractivity contribution is 5.95. The molecule has 0 aliphatic carbocycles. The zero-order chi connectivity index (χ0) is 16.1. The molecule has 0 saturated heterocycles. The van der Waals surface area contributed by atoms with Crippen molar-refractivity contribution in [2.24, 2.45) is 0 Å². The van der Waals surface area contributed by atoms with Gasteiger partial charge in [-0.2, -0.15) is 0 Å². The van der Waals surface area contributed by atoms with E-state index in [0.717, 1.165) is 43.0 Å². The van der Waals surface area contributed by atoms with Crippen molar-refractivity contribution in [2.75, 3.05) is 30.3 Å². The third kappa shape index (κ3) is 3.74. The Kier molecular flexibility index (Phi) is 4.65. The summed E-state index contributed by atoms with van der Waals surface area (Å²) in [6.07, 6.45) is 5.25. The van der Waals surface area contributed by atoms with Crippen molar-refractivity contribution in [3.8, 4) is 0 Å². The molecule has 0 aromatic carbocycles. The molecule has 0 fully saturated rings. The number of anilines is 2. The average Bonchev–Trinajstić information content (AvgIpc) is 2.56. The van der Waals surface area contributed by atoms with Gasteiger partial charge >= 0.3 is 0 Å². The van der Waals surface area contributed by atoms with E-state index in [0.29, 0.717) is 18.1 Å². The number of amides is 1. The molecule has 23 heavy (non-hydrogen) atoms. The summed E-state index contributed by atoms with van der Waals surface area (Å²) in [4.78, 5) is 24.6. The summed E-state index contributed by atoms with van der Waals surface area (Å²) >= 11 is 0. The Labute approximate surface area is 135 Å². The van der Waals surface area contributed by atoms with Crippen LogP contribution in [-0.2, 0) is 6.42 Å². The van der Waals surface area contributed by atoms with E-state index in [-0.39, 0.29) is 5.91 Å². The number of aryl methyl sites for hydroxylation is 1. The monoisotopic (exact) mass is 312 g/mol. The zero-order valence-electron chi connectivity index (χ0n) is 13.1. The van der Waals surface area contributed by atoms with Crippen LogP contribution in [0.15, 0.2) is 24.5 Å². The van der Waals surface area contributed by atoms with Crippen LogP contribution in [0.4, 0.5) is 11.5 Å². The quantitative estimate of drug-likeness (QED) is 0.698. The molecule has 2 aromatic heterocycles. The minimum atomic E-state index is -0.113. The highest BCUT2D eigenvalue weighted by Gasteiger charge is 2.22. The molecule has 7 heteroatoms. The molecule has 0 spiro atoms. The molecule has 1 aliphatic heterocycles. The smallest absolute Gasteiger partial charge is 0.270 e. The minimum absolute atomic E-state index is 0.113. The van der Waals surface area contributed by atoms with Crippen molar-refractivity contribution >= 4 is 17.4 Å². The second-order valence-electron chi connectivity index (χ2n) is 5.40. The normalized spacial score (nSPS) is 13.2. The first kappa shape index (κ1) is 15.2. The van der Waals surface area contributed by atoms with Gasteiger partial charge in [-0.25, -0.2) is 9.97 Å². The standard InChI is InChI=1S/C16H20N6O/c1-11-21-14-13(5-9-20-16(14)23)15(22-11)19-8-3-7-18-12-4-2-6-17-10-12/h2,4,6,10,18H,3,5,7-9H2,1H3,(H,20,23)(H,19,21,22). The van der Waals surface area contributed by atoms with Crippen LogP contribution in [0.3, 0.4) is 0 Å². The van der Waals surface area contributed by atoms with Gasteiger partial charge in [0.1, 0.15) is 17.3 Å². The summed E-state index contributed by atoms with van der Waals surface area (Å²) in [6, 6.07) is 3.89. The Morgan fingerprint density at radius 3 is 2.96 bits per heavy atom. The van der Waals surface area contributed by atoms with Crippen molar-refractivity contribution in [1.29, 1.82) is 0 Å². The van der Waals surface area contributed by atoms with Gasteiger partial charge in [-0.3, -0.25) is 9.78 Å². The van der Waals surface area contributed by atoms with Gasteiger partial charge in [-0.05, 0) is 31.9 Å². The number of rotatable bonds is 6. The fourth-order valence-electron chi connectivity index (χ4n) is 2.55. The first-order valence-corrected chi connectivity index (χ1v) is 7.77. The van der Waals surface area contributed by atoms with Gasteiger partial charge in [0.15, 0.2) is 0 Å². The van der Waals surface area contributed by atoms with Crippen LogP contribution in [0.25, 0.3) is 0 Å². The molecular formula is C16H20N6O. The lowest BCUT2D eigenvalue weighted by Gasteiger charge is -2.19. The van der Waals surface area contributed by atoms with Gasteiger partial charge in [-0.1, -0.05) is 0 Å². The maximum absolute atomic E-state index is 11.9. The molecule has 3 N–H and O–H groups in total. The van der Waals surface area contributed by atoms with Crippen molar-refractivity contribution in [3.63, 3.8) is 0 Å². The molecule has 0 unspecified atom stereocenters. The van der Waals surface area contributed by atoms with Crippen molar-refractivity contribution in [1.82, 2.24) is 20.3 Å². The molecule has 1 amide bonds. The largest absolute Gasteiger partial charge is 0.384 e. The van der Waals surface area contributed by atoms with Crippen LogP contribution in [0, 0.1) is 6.92 Å². The Bertz CT molecular complexity index is 688. The number of aromatic nitrogens is 3. The topological polar surface area (TPSA) is 91.8 Å². The predicted molar refractivity (Wildman–Crippen MR) is 88.6 cm³/mol. The fourth-order valence-corrected chi connectivity index (χ4v) is 2.55. The molecule has 0 saturated carbocycles. The average molecular weight is 312 g/mol. The number of fused-ring (bicyclic) bond motifs is 1. The van der Waals surface area contributed by atoms with E-state index in [1.54, 1.807) is 19.3 Å². The Hall–Kier alpha value is -2.70. The number of nitrogens with zero attached hydrogens (tertiary/aromatic N) is 3. The lowest BCUT2D eigenvalue weighted by Crippen LogP contribution is -2.34. The van der Waals surface area contributed by atoms with Crippen molar-refractivity contribution in [2.45, 2.75) is 19.8 Å². The summed E-state index contributed by atoms with van der Waals surface area (Å²) in [7, 11) is 0. The summed E-state index contributed by atoms with van der Waals surface area (Å²) in [5.41, 5.74) is 2.43. The molecule has 0 atom stereocenters. The van der Waals surface area contributed by atoms with Crippen LogP contribution in [-0.4, -0.2) is 40.5 Å². The highest BCUT2D eigenvalue weighted by atomic mass is 16.1. The molecule has 0 bridgehead atoms. The minimum Gasteiger partial charge on any atom is -0.384 e. The lowest BCUT2D eigenvalue weighted by molar-refractivity contribution is 0.0940. The second-order valence-corrected chi connectivity index (χ2v) is 5.40. The maximum Gasteiger partial charge on any atom is 0.270 e. The van der Waals surface area contributed by atoms with Crippen LogP contribution < -0.4 is 16.0 Å². The van der Waals surface area contributed by atoms with Gasteiger partial charge in [0, 0.05) is 37.6 Å². The van der Waals surface area contributed by atoms with E-state index in [2.05, 4.69) is 30.9 Å². The van der Waals surface area contributed by atoms with E-state index in [9.17, 15) is 4.79 Å². The van der Waals surface area contributed by atoms with Gasteiger partial charge in [0.05, 0.1) is 5.69 Å². The van der Waals surface area contributed by atoms with Gasteiger partial charge in [0.25, 0.3) is 5.91 Å². The third-order valence-electron chi connectivity index (χ3n) is 3.63. The molecule has 2 aromatic rings. The molecule has 120 valence electrons. The summed E-state index contributed by atoms with van der Waals surface area (Å²) < 4.78 is 0. The van der Waals surface area contributed by atoms with Crippen LogP contribution in [0.5, 0.6) is 0 Å². The number of carbonyl (C=O) groups excluding carboxylic acids is 1. The van der Waals surface area contributed by atoms with Gasteiger partial charge in [0.2, 0.25) is 0 Å². The lowest BCUT2D eigenvalue weighted by atomic mass is 10.1. The van der Waals surface area contributed by atoms with Crippen LogP contribution in [0.1, 0.15) is 28.3 Å². The van der Waals surface area contributed by atoms with Crippen molar-refractivity contribution < 1.29 is 4.79 Å². The maximum atomic E-state index is 11.9. The Balaban J connectivity index is 1.55. The molecule has 7 nitrogen and oxygen atoms in total. The molecular weight excluding hydrogens is 292 g/mol.